The van der Waals surface area contributed by atoms with Gasteiger partial charge in [-0.1, -0.05) is 0 Å². The van der Waals surface area contributed by atoms with Crippen LogP contribution in [0, 0.1) is 5.92 Å². The molecule has 0 heterocycles. The maximum Gasteiger partial charge on any atom is 0.323 e. The van der Waals surface area contributed by atoms with Gasteiger partial charge in [0.25, 0.3) is 0 Å². The number of rotatable bonds is 8. The number of carboxylic acids is 1. The van der Waals surface area contributed by atoms with E-state index in [1.165, 1.54) is 4.90 Å². The minimum Gasteiger partial charge on any atom is -0.480 e. The van der Waals surface area contributed by atoms with Gasteiger partial charge in [-0.05, 0) is 31.6 Å². The van der Waals surface area contributed by atoms with E-state index in [-0.39, 0.29) is 18.6 Å². The first kappa shape index (κ1) is 14.1. The largest absolute Gasteiger partial charge is 0.480 e. The molecule has 0 radical (unpaired) electrons. The van der Waals surface area contributed by atoms with Crippen molar-refractivity contribution in [3.05, 3.63) is 0 Å². The summed E-state index contributed by atoms with van der Waals surface area (Å²) in [5, 5.41) is 8.94. The molecule has 6 heteroatoms. The van der Waals surface area contributed by atoms with Crippen LogP contribution in [0.4, 0.5) is 4.79 Å². The number of carbonyl (C=O) groups excluding carboxylic acids is 1. The summed E-state index contributed by atoms with van der Waals surface area (Å²) in [4.78, 5) is 26.6. The summed E-state index contributed by atoms with van der Waals surface area (Å²) in [6.07, 6.45) is 4.23. The molecule has 2 aliphatic carbocycles. The van der Waals surface area contributed by atoms with Crippen molar-refractivity contribution in [1.29, 1.82) is 0 Å². The van der Waals surface area contributed by atoms with Crippen LogP contribution in [0.15, 0.2) is 0 Å². The number of hydrogen-bond donors (Lipinski definition) is 1. The molecular formula is C13H22N2O4. The lowest BCUT2D eigenvalue weighted by Crippen LogP contribution is -2.48. The fourth-order valence-electron chi connectivity index (χ4n) is 2.18. The first-order chi connectivity index (χ1) is 9.11. The number of urea groups is 1. The Morgan fingerprint density at radius 2 is 1.95 bits per heavy atom. The molecule has 6 nitrogen and oxygen atoms in total. The molecule has 1 N–H and O–H groups in total. The normalized spacial score (nSPS) is 18.2. The van der Waals surface area contributed by atoms with Crippen LogP contribution in [0.2, 0.25) is 0 Å². The molecule has 2 saturated carbocycles. The molecule has 0 bridgehead atoms. The molecule has 19 heavy (non-hydrogen) atoms. The molecule has 2 amide bonds. The van der Waals surface area contributed by atoms with Gasteiger partial charge in [0, 0.05) is 26.2 Å². The van der Waals surface area contributed by atoms with Gasteiger partial charge in [-0.2, -0.15) is 0 Å². The molecule has 0 saturated heterocycles. The van der Waals surface area contributed by atoms with E-state index < -0.39 is 5.97 Å². The maximum absolute atomic E-state index is 12.5. The zero-order valence-corrected chi connectivity index (χ0v) is 11.4. The lowest BCUT2D eigenvalue weighted by molar-refractivity contribution is -0.137. The summed E-state index contributed by atoms with van der Waals surface area (Å²) < 4.78 is 5.03. The van der Waals surface area contributed by atoms with Crippen molar-refractivity contribution in [1.82, 2.24) is 9.80 Å². The Hall–Kier alpha value is -1.30. The van der Waals surface area contributed by atoms with Crippen LogP contribution in [0.3, 0.4) is 0 Å². The van der Waals surface area contributed by atoms with Crippen molar-refractivity contribution in [2.45, 2.75) is 31.7 Å². The highest BCUT2D eigenvalue weighted by Gasteiger charge is 2.36. The molecule has 0 aromatic carbocycles. The van der Waals surface area contributed by atoms with Crippen molar-refractivity contribution in [2.24, 2.45) is 5.92 Å². The van der Waals surface area contributed by atoms with Crippen molar-refractivity contribution in [2.75, 3.05) is 33.4 Å². The SMILES string of the molecule is COCCN(C(=O)N(CC(=O)O)CC1CC1)C1CC1. The topological polar surface area (TPSA) is 70.1 Å². The van der Waals surface area contributed by atoms with E-state index in [1.54, 1.807) is 12.0 Å². The van der Waals surface area contributed by atoms with E-state index in [9.17, 15) is 9.59 Å². The lowest BCUT2D eigenvalue weighted by atomic mass is 10.3. The molecule has 0 unspecified atom stereocenters. The summed E-state index contributed by atoms with van der Waals surface area (Å²) in [7, 11) is 1.61. The van der Waals surface area contributed by atoms with Gasteiger partial charge >= 0.3 is 12.0 Å². The highest BCUT2D eigenvalue weighted by atomic mass is 16.5. The zero-order chi connectivity index (χ0) is 13.8. The van der Waals surface area contributed by atoms with E-state index in [0.29, 0.717) is 25.6 Å². The Balaban J connectivity index is 1.95. The quantitative estimate of drug-likeness (QED) is 0.714. The number of carbonyl (C=O) groups is 2. The monoisotopic (exact) mass is 270 g/mol. The van der Waals surface area contributed by atoms with Gasteiger partial charge in [0.05, 0.1) is 6.61 Å². The van der Waals surface area contributed by atoms with Crippen molar-refractivity contribution in [3.63, 3.8) is 0 Å². The van der Waals surface area contributed by atoms with E-state index in [2.05, 4.69) is 0 Å². The number of methoxy groups -OCH3 is 1. The standard InChI is InChI=1S/C13H22N2O4/c1-19-7-6-15(11-4-5-11)13(18)14(9-12(16)17)8-10-2-3-10/h10-11H,2-9H2,1H3,(H,16,17). The van der Waals surface area contributed by atoms with Crippen LogP contribution in [-0.2, 0) is 9.53 Å². The third-order valence-electron chi connectivity index (χ3n) is 3.54. The van der Waals surface area contributed by atoms with E-state index in [4.69, 9.17) is 9.84 Å². The van der Waals surface area contributed by atoms with Crippen LogP contribution >= 0.6 is 0 Å². The minimum absolute atomic E-state index is 0.145. The fourth-order valence-corrected chi connectivity index (χ4v) is 2.18. The van der Waals surface area contributed by atoms with Gasteiger partial charge in [0.15, 0.2) is 0 Å². The number of hydrogen-bond acceptors (Lipinski definition) is 3. The van der Waals surface area contributed by atoms with Gasteiger partial charge < -0.3 is 19.6 Å². The van der Waals surface area contributed by atoms with Gasteiger partial charge in [-0.25, -0.2) is 4.79 Å². The lowest BCUT2D eigenvalue weighted by Gasteiger charge is -2.29. The Morgan fingerprint density at radius 3 is 2.42 bits per heavy atom. The number of aliphatic carboxylic acids is 1. The predicted molar refractivity (Wildman–Crippen MR) is 68.9 cm³/mol. The third-order valence-corrected chi connectivity index (χ3v) is 3.54. The average Bonchev–Trinajstić information content (AvgIpc) is 3.21. The summed E-state index contributed by atoms with van der Waals surface area (Å²) in [5.41, 5.74) is 0. The molecule has 0 aliphatic heterocycles. The van der Waals surface area contributed by atoms with Crippen molar-refractivity contribution in [3.8, 4) is 0 Å². The Kier molecular flexibility index (Phi) is 4.63. The Labute approximate surface area is 113 Å². The van der Waals surface area contributed by atoms with Gasteiger partial charge in [-0.3, -0.25) is 4.79 Å². The van der Waals surface area contributed by atoms with E-state index in [1.807, 2.05) is 0 Å². The van der Waals surface area contributed by atoms with Gasteiger partial charge in [0.1, 0.15) is 6.54 Å². The summed E-state index contributed by atoms with van der Waals surface area (Å²) in [6.45, 7) is 1.40. The molecule has 0 spiro atoms. The van der Waals surface area contributed by atoms with Crippen LogP contribution in [0.5, 0.6) is 0 Å². The maximum atomic E-state index is 12.5. The number of nitrogens with zero attached hydrogens (tertiary/aromatic N) is 2. The molecule has 2 rings (SSSR count). The first-order valence-corrected chi connectivity index (χ1v) is 6.88. The van der Waals surface area contributed by atoms with E-state index in [0.717, 1.165) is 25.7 Å². The predicted octanol–water partition coefficient (Wildman–Crippen LogP) is 1.01. The highest BCUT2D eigenvalue weighted by Crippen LogP contribution is 2.31. The summed E-state index contributed by atoms with van der Waals surface area (Å²) >= 11 is 0. The number of carboxylic acid groups (broad SMARTS) is 1. The van der Waals surface area contributed by atoms with Crippen LogP contribution in [0.1, 0.15) is 25.7 Å². The molecule has 0 atom stereocenters. The first-order valence-electron chi connectivity index (χ1n) is 6.88. The molecule has 2 aliphatic rings. The summed E-state index contributed by atoms with van der Waals surface area (Å²) in [6, 6.07) is 0.131. The van der Waals surface area contributed by atoms with Gasteiger partial charge in [0.2, 0.25) is 0 Å². The van der Waals surface area contributed by atoms with Crippen LogP contribution < -0.4 is 0 Å². The second-order valence-corrected chi connectivity index (χ2v) is 5.42. The second kappa shape index (κ2) is 6.23. The number of amides is 2. The Morgan fingerprint density at radius 1 is 1.26 bits per heavy atom. The molecular weight excluding hydrogens is 248 g/mol. The highest BCUT2D eigenvalue weighted by molar-refractivity contribution is 5.80. The molecule has 0 aromatic heterocycles. The fraction of sp³-hybridized carbons (Fsp3) is 0.846. The molecule has 2 fully saturated rings. The Bertz CT molecular complexity index is 340. The minimum atomic E-state index is -0.948. The third kappa shape index (κ3) is 4.38. The van der Waals surface area contributed by atoms with Crippen molar-refractivity contribution < 1.29 is 19.4 Å². The van der Waals surface area contributed by atoms with Gasteiger partial charge in [-0.15, -0.1) is 0 Å². The molecule has 108 valence electrons. The summed E-state index contributed by atoms with van der Waals surface area (Å²) in [5.74, 6) is -0.455. The van der Waals surface area contributed by atoms with Crippen molar-refractivity contribution >= 4 is 12.0 Å². The molecule has 0 aromatic rings. The zero-order valence-electron chi connectivity index (χ0n) is 11.4. The average molecular weight is 270 g/mol. The second-order valence-electron chi connectivity index (χ2n) is 5.42. The smallest absolute Gasteiger partial charge is 0.323 e. The number of ether oxygens (including phenoxy) is 1. The van der Waals surface area contributed by atoms with E-state index >= 15 is 0 Å². The van der Waals surface area contributed by atoms with Crippen LogP contribution in [-0.4, -0.2) is 66.3 Å². The van der Waals surface area contributed by atoms with Crippen LogP contribution in [0.25, 0.3) is 0 Å².